The lowest BCUT2D eigenvalue weighted by Gasteiger charge is -2.14. The third kappa shape index (κ3) is 4.33. The molecule has 3 aromatic carbocycles. The van der Waals surface area contributed by atoms with Crippen LogP contribution in [-0.2, 0) is 6.61 Å². The Morgan fingerprint density at radius 3 is 2.40 bits per heavy atom. The van der Waals surface area contributed by atoms with E-state index in [4.69, 9.17) is 14.2 Å². The van der Waals surface area contributed by atoms with E-state index in [2.05, 4.69) is 9.97 Å². The van der Waals surface area contributed by atoms with Gasteiger partial charge in [-0.25, -0.2) is 9.97 Å². The van der Waals surface area contributed by atoms with Crippen LogP contribution >= 0.6 is 0 Å². The molecule has 0 aliphatic rings. The molecule has 4 aromatic rings. The molecule has 30 heavy (non-hydrogen) atoms. The first-order valence-corrected chi connectivity index (χ1v) is 9.35. The van der Waals surface area contributed by atoms with E-state index in [1.165, 1.54) is 6.33 Å². The maximum Gasteiger partial charge on any atom is 0.172 e. The van der Waals surface area contributed by atoms with Gasteiger partial charge < -0.3 is 19.3 Å². The number of nitrogens with zero attached hydrogens (tertiary/aromatic N) is 2. The average Bonchev–Trinajstić information content (AvgIpc) is 2.79. The maximum atomic E-state index is 10.6. The Morgan fingerprint density at radius 1 is 0.867 bits per heavy atom. The lowest BCUT2D eigenvalue weighted by Crippen LogP contribution is -1.97. The zero-order valence-electron chi connectivity index (χ0n) is 16.4. The van der Waals surface area contributed by atoms with Gasteiger partial charge >= 0.3 is 0 Å². The zero-order chi connectivity index (χ0) is 20.8. The van der Waals surface area contributed by atoms with E-state index in [1.54, 1.807) is 43.6 Å². The summed E-state index contributed by atoms with van der Waals surface area (Å²) in [7, 11) is 1.57. The van der Waals surface area contributed by atoms with Gasteiger partial charge in [0.2, 0.25) is 0 Å². The summed E-state index contributed by atoms with van der Waals surface area (Å²) in [5.74, 6) is 2.10. The average molecular weight is 400 g/mol. The largest absolute Gasteiger partial charge is 0.507 e. The number of rotatable bonds is 7. The number of aromatic hydroxyl groups is 1. The van der Waals surface area contributed by atoms with Crippen molar-refractivity contribution in [1.82, 2.24) is 9.97 Å². The Kier molecular flexibility index (Phi) is 5.75. The van der Waals surface area contributed by atoms with Crippen LogP contribution in [0.5, 0.6) is 28.7 Å². The highest BCUT2D eigenvalue weighted by molar-refractivity contribution is 5.73. The maximum absolute atomic E-state index is 10.6. The van der Waals surface area contributed by atoms with E-state index in [0.29, 0.717) is 40.9 Å². The molecule has 0 atom stereocenters. The lowest BCUT2D eigenvalue weighted by molar-refractivity contribution is 0.304. The van der Waals surface area contributed by atoms with E-state index in [0.717, 1.165) is 5.56 Å². The molecular weight excluding hydrogens is 380 g/mol. The zero-order valence-corrected chi connectivity index (χ0v) is 16.4. The van der Waals surface area contributed by atoms with Crippen molar-refractivity contribution in [2.45, 2.75) is 6.61 Å². The minimum atomic E-state index is 0.0316. The lowest BCUT2D eigenvalue weighted by atomic mass is 10.1. The van der Waals surface area contributed by atoms with Gasteiger partial charge in [-0.15, -0.1) is 0 Å². The van der Waals surface area contributed by atoms with Gasteiger partial charge in [-0.05, 0) is 29.8 Å². The predicted octanol–water partition coefficient (Wildman–Crippen LogP) is 5.23. The van der Waals surface area contributed by atoms with Crippen molar-refractivity contribution >= 4 is 0 Å². The topological polar surface area (TPSA) is 73.7 Å². The summed E-state index contributed by atoms with van der Waals surface area (Å²) < 4.78 is 17.1. The van der Waals surface area contributed by atoms with Crippen molar-refractivity contribution < 1.29 is 19.3 Å². The monoisotopic (exact) mass is 400 g/mol. The summed E-state index contributed by atoms with van der Waals surface area (Å²) in [6, 6.07) is 22.2. The van der Waals surface area contributed by atoms with Gasteiger partial charge in [0.1, 0.15) is 30.1 Å². The van der Waals surface area contributed by atoms with E-state index in [9.17, 15) is 5.11 Å². The first-order valence-electron chi connectivity index (χ1n) is 9.35. The predicted molar refractivity (Wildman–Crippen MR) is 113 cm³/mol. The van der Waals surface area contributed by atoms with Crippen molar-refractivity contribution in [3.05, 3.63) is 90.9 Å². The summed E-state index contributed by atoms with van der Waals surface area (Å²) in [6.07, 6.45) is 2.96. The number of hydrogen-bond acceptors (Lipinski definition) is 6. The molecular formula is C24H20N2O4. The molecule has 6 nitrogen and oxygen atoms in total. The molecule has 1 heterocycles. The summed E-state index contributed by atoms with van der Waals surface area (Å²) in [5, 5.41) is 10.6. The summed E-state index contributed by atoms with van der Waals surface area (Å²) in [5.41, 5.74) is 2.02. The molecule has 0 saturated heterocycles. The van der Waals surface area contributed by atoms with Gasteiger partial charge in [-0.3, -0.25) is 0 Å². The van der Waals surface area contributed by atoms with Crippen LogP contribution in [-0.4, -0.2) is 22.2 Å². The molecule has 0 spiro atoms. The van der Waals surface area contributed by atoms with Gasteiger partial charge in [0.25, 0.3) is 0 Å². The number of methoxy groups -OCH3 is 1. The quantitative estimate of drug-likeness (QED) is 0.458. The van der Waals surface area contributed by atoms with Crippen LogP contribution in [0.1, 0.15) is 5.56 Å². The summed E-state index contributed by atoms with van der Waals surface area (Å²) in [6.45, 7) is 0.412. The molecule has 0 saturated carbocycles. The highest BCUT2D eigenvalue weighted by Crippen LogP contribution is 2.39. The molecule has 0 aliphatic carbocycles. The molecule has 0 fully saturated rings. The first-order chi connectivity index (χ1) is 14.7. The first kappa shape index (κ1) is 19.3. The van der Waals surface area contributed by atoms with Crippen molar-refractivity contribution in [2.75, 3.05) is 7.11 Å². The Labute approximate surface area is 174 Å². The fraction of sp³-hybridized carbons (Fsp3) is 0.0833. The Bertz CT molecular complexity index is 1130. The molecule has 0 unspecified atom stereocenters. The van der Waals surface area contributed by atoms with E-state index in [-0.39, 0.29) is 5.75 Å². The highest BCUT2D eigenvalue weighted by Gasteiger charge is 2.15. The second-order valence-electron chi connectivity index (χ2n) is 6.44. The van der Waals surface area contributed by atoms with Crippen molar-refractivity contribution in [3.8, 4) is 40.0 Å². The molecule has 0 aliphatic heterocycles. The third-order valence-electron chi connectivity index (χ3n) is 4.44. The van der Waals surface area contributed by atoms with Crippen LogP contribution in [0.3, 0.4) is 0 Å². The van der Waals surface area contributed by atoms with Gasteiger partial charge in [0.05, 0.1) is 13.3 Å². The Hall–Kier alpha value is -4.06. The smallest absolute Gasteiger partial charge is 0.172 e. The molecule has 1 aromatic heterocycles. The number of benzene rings is 3. The van der Waals surface area contributed by atoms with E-state index >= 15 is 0 Å². The summed E-state index contributed by atoms with van der Waals surface area (Å²) in [4.78, 5) is 8.36. The van der Waals surface area contributed by atoms with Crippen LogP contribution in [0, 0.1) is 0 Å². The fourth-order valence-electron chi connectivity index (χ4n) is 2.96. The van der Waals surface area contributed by atoms with E-state index in [1.807, 2.05) is 42.5 Å². The highest BCUT2D eigenvalue weighted by atomic mass is 16.5. The Morgan fingerprint density at radius 2 is 1.63 bits per heavy atom. The minimum Gasteiger partial charge on any atom is -0.507 e. The van der Waals surface area contributed by atoms with Crippen molar-refractivity contribution in [2.24, 2.45) is 0 Å². The molecule has 0 bridgehead atoms. The van der Waals surface area contributed by atoms with Crippen LogP contribution in [0.25, 0.3) is 11.3 Å². The number of para-hydroxylation sites is 2. The second kappa shape index (κ2) is 8.96. The normalized spacial score (nSPS) is 10.4. The Balaban J connectivity index is 1.58. The van der Waals surface area contributed by atoms with Crippen LogP contribution in [0.4, 0.5) is 0 Å². The minimum absolute atomic E-state index is 0.0316. The van der Waals surface area contributed by atoms with Gasteiger partial charge in [-0.2, -0.15) is 0 Å². The van der Waals surface area contributed by atoms with Gasteiger partial charge in [0, 0.05) is 11.6 Å². The number of hydrogen-bond donors (Lipinski definition) is 1. The SMILES string of the molecule is COc1ccccc1Oc1cncnc1-c1ccc(OCc2ccccc2)cc1O. The van der Waals surface area contributed by atoms with E-state index < -0.39 is 0 Å². The molecule has 0 amide bonds. The van der Waals surface area contributed by atoms with Crippen LogP contribution in [0.2, 0.25) is 0 Å². The number of phenolic OH excluding ortho intramolecular Hbond substituents is 1. The molecule has 0 radical (unpaired) electrons. The molecule has 6 heteroatoms. The number of phenols is 1. The third-order valence-corrected chi connectivity index (χ3v) is 4.44. The molecule has 150 valence electrons. The standard InChI is InChI=1S/C24H20N2O4/c1-28-21-9-5-6-10-22(21)30-23-14-25-16-26-24(23)19-12-11-18(13-20(19)27)29-15-17-7-3-2-4-8-17/h2-14,16,27H,15H2,1H3. The number of ether oxygens (including phenoxy) is 3. The molecule has 1 N–H and O–H groups in total. The summed E-state index contributed by atoms with van der Waals surface area (Å²) >= 11 is 0. The van der Waals surface area contributed by atoms with Gasteiger partial charge in [-0.1, -0.05) is 42.5 Å². The molecule has 4 rings (SSSR count). The second-order valence-corrected chi connectivity index (χ2v) is 6.44. The fourth-order valence-corrected chi connectivity index (χ4v) is 2.96. The van der Waals surface area contributed by atoms with Gasteiger partial charge in [0.15, 0.2) is 17.2 Å². The van der Waals surface area contributed by atoms with Crippen molar-refractivity contribution in [1.29, 1.82) is 0 Å². The number of aromatic nitrogens is 2. The van der Waals surface area contributed by atoms with Crippen molar-refractivity contribution in [3.63, 3.8) is 0 Å². The van der Waals surface area contributed by atoms with Crippen LogP contribution in [0.15, 0.2) is 85.3 Å². The van der Waals surface area contributed by atoms with Crippen LogP contribution < -0.4 is 14.2 Å².